The van der Waals surface area contributed by atoms with E-state index in [9.17, 15) is 9.59 Å². The van der Waals surface area contributed by atoms with Crippen LogP contribution >= 0.6 is 0 Å². The maximum absolute atomic E-state index is 11.6. The predicted molar refractivity (Wildman–Crippen MR) is 67.4 cm³/mol. The van der Waals surface area contributed by atoms with E-state index in [1.807, 2.05) is 27.7 Å². The zero-order chi connectivity index (χ0) is 13.8. The zero-order valence-corrected chi connectivity index (χ0v) is 11.6. The second-order valence-electron chi connectivity index (χ2n) is 5.61. The number of nitrogens with one attached hydrogen (secondary N) is 1. The van der Waals surface area contributed by atoms with Gasteiger partial charge in [-0.25, -0.2) is 4.79 Å². The molecule has 1 rings (SSSR count). The number of rotatable bonds is 5. The van der Waals surface area contributed by atoms with E-state index in [0.29, 0.717) is 19.4 Å². The topological polar surface area (TPSA) is 64.6 Å². The van der Waals surface area contributed by atoms with Crippen LogP contribution in [0.4, 0.5) is 4.79 Å². The smallest absolute Gasteiger partial charge is 0.407 e. The fraction of sp³-hybridized carbons (Fsp3) is 0.846. The normalized spacial score (nSPS) is 23.1. The summed E-state index contributed by atoms with van der Waals surface area (Å²) in [5.74, 6) is 0.149. The van der Waals surface area contributed by atoms with Crippen molar-refractivity contribution in [3.8, 4) is 0 Å². The Kier molecular flexibility index (Phi) is 5.14. The molecule has 0 unspecified atom stereocenters. The molecular weight excluding hydrogens is 234 g/mol. The molecule has 1 saturated carbocycles. The van der Waals surface area contributed by atoms with Crippen molar-refractivity contribution in [2.24, 2.45) is 5.92 Å². The van der Waals surface area contributed by atoms with Crippen molar-refractivity contribution in [1.29, 1.82) is 0 Å². The van der Waals surface area contributed by atoms with Gasteiger partial charge in [-0.05, 0) is 40.5 Å². The summed E-state index contributed by atoms with van der Waals surface area (Å²) in [6.45, 7) is 8.06. The molecule has 0 radical (unpaired) electrons. The van der Waals surface area contributed by atoms with Gasteiger partial charge in [0.25, 0.3) is 0 Å². The molecule has 0 spiro atoms. The molecule has 0 aromatic carbocycles. The maximum atomic E-state index is 11.6. The Balaban J connectivity index is 2.19. The van der Waals surface area contributed by atoms with Crippen molar-refractivity contribution in [2.75, 3.05) is 13.2 Å². The number of hydrogen-bond donors (Lipinski definition) is 1. The number of alkyl carbamates (subject to hydrolysis) is 1. The quantitative estimate of drug-likeness (QED) is 0.817. The molecule has 0 atom stereocenters. The highest BCUT2D eigenvalue weighted by Crippen LogP contribution is 2.28. The third kappa shape index (κ3) is 5.04. The summed E-state index contributed by atoms with van der Waals surface area (Å²) in [6, 6.07) is 0.0513. The Morgan fingerprint density at radius 1 is 1.28 bits per heavy atom. The molecule has 0 aliphatic heterocycles. The van der Waals surface area contributed by atoms with Gasteiger partial charge in [0.05, 0.1) is 0 Å². The average molecular weight is 257 g/mol. The van der Waals surface area contributed by atoms with E-state index in [-0.39, 0.29) is 24.3 Å². The number of carbonyl (C=O) groups is 2. The molecule has 1 aliphatic rings. The van der Waals surface area contributed by atoms with E-state index in [2.05, 4.69) is 5.32 Å². The molecule has 5 nitrogen and oxygen atoms in total. The molecule has 0 aromatic rings. The molecule has 1 N–H and O–H groups in total. The summed E-state index contributed by atoms with van der Waals surface area (Å²) in [5, 5.41) is 2.76. The SMILES string of the molecule is CCOCC(=O)C1CC(NC(=O)OC(C)(C)C)C1. The largest absolute Gasteiger partial charge is 0.444 e. The molecule has 1 fully saturated rings. The highest BCUT2D eigenvalue weighted by molar-refractivity contribution is 5.83. The second-order valence-corrected chi connectivity index (χ2v) is 5.61. The van der Waals surface area contributed by atoms with Crippen molar-refractivity contribution in [3.05, 3.63) is 0 Å². The maximum Gasteiger partial charge on any atom is 0.407 e. The van der Waals surface area contributed by atoms with Gasteiger partial charge in [0.15, 0.2) is 5.78 Å². The van der Waals surface area contributed by atoms with E-state index in [0.717, 1.165) is 0 Å². The Bertz CT molecular complexity index is 303. The fourth-order valence-corrected chi connectivity index (χ4v) is 1.79. The van der Waals surface area contributed by atoms with Gasteiger partial charge in [-0.2, -0.15) is 0 Å². The number of Topliss-reactive ketones (excluding diaryl/α,β-unsaturated/α-hetero) is 1. The highest BCUT2D eigenvalue weighted by Gasteiger charge is 2.35. The van der Waals surface area contributed by atoms with Gasteiger partial charge in [-0.1, -0.05) is 0 Å². The van der Waals surface area contributed by atoms with Crippen molar-refractivity contribution in [2.45, 2.75) is 52.2 Å². The summed E-state index contributed by atoms with van der Waals surface area (Å²) >= 11 is 0. The van der Waals surface area contributed by atoms with Crippen LogP contribution in [0.5, 0.6) is 0 Å². The minimum Gasteiger partial charge on any atom is -0.444 e. The Hall–Kier alpha value is -1.10. The molecule has 104 valence electrons. The monoisotopic (exact) mass is 257 g/mol. The number of hydrogen-bond acceptors (Lipinski definition) is 4. The Morgan fingerprint density at radius 3 is 2.39 bits per heavy atom. The summed E-state index contributed by atoms with van der Waals surface area (Å²) in [7, 11) is 0. The fourth-order valence-electron chi connectivity index (χ4n) is 1.79. The number of ketones is 1. The van der Waals surface area contributed by atoms with Gasteiger partial charge in [-0.3, -0.25) is 4.79 Å². The average Bonchev–Trinajstić information content (AvgIpc) is 2.16. The van der Waals surface area contributed by atoms with Crippen LogP contribution in [-0.2, 0) is 14.3 Å². The zero-order valence-electron chi connectivity index (χ0n) is 11.6. The molecular formula is C13H23NO4. The lowest BCUT2D eigenvalue weighted by Crippen LogP contribution is -2.48. The number of carbonyl (C=O) groups excluding carboxylic acids is 2. The molecule has 0 aromatic heterocycles. The third-order valence-corrected chi connectivity index (χ3v) is 2.76. The van der Waals surface area contributed by atoms with Crippen LogP contribution in [0.2, 0.25) is 0 Å². The molecule has 5 heteroatoms. The van der Waals surface area contributed by atoms with E-state index >= 15 is 0 Å². The lowest BCUT2D eigenvalue weighted by Gasteiger charge is -2.35. The summed E-state index contributed by atoms with van der Waals surface area (Å²) < 4.78 is 10.2. The summed E-state index contributed by atoms with van der Waals surface area (Å²) in [4.78, 5) is 23.0. The van der Waals surface area contributed by atoms with Gasteiger partial charge in [0, 0.05) is 18.6 Å². The molecule has 1 aliphatic carbocycles. The lowest BCUT2D eigenvalue weighted by molar-refractivity contribution is -0.130. The summed E-state index contributed by atoms with van der Waals surface area (Å²) in [6.07, 6.45) is 0.958. The number of amides is 1. The first kappa shape index (κ1) is 15.0. The second kappa shape index (κ2) is 6.18. The van der Waals surface area contributed by atoms with Crippen LogP contribution in [0.25, 0.3) is 0 Å². The molecule has 0 saturated heterocycles. The first-order valence-electron chi connectivity index (χ1n) is 6.41. The van der Waals surface area contributed by atoms with Crippen LogP contribution in [0.15, 0.2) is 0 Å². The lowest BCUT2D eigenvalue weighted by atomic mass is 9.78. The molecule has 1 amide bonds. The van der Waals surface area contributed by atoms with Gasteiger partial charge >= 0.3 is 6.09 Å². The van der Waals surface area contributed by atoms with E-state index < -0.39 is 11.7 Å². The number of ether oxygens (including phenoxy) is 2. The van der Waals surface area contributed by atoms with Crippen LogP contribution in [0.3, 0.4) is 0 Å². The predicted octanol–water partition coefficient (Wildman–Crippen LogP) is 1.90. The van der Waals surface area contributed by atoms with Crippen molar-refractivity contribution in [1.82, 2.24) is 5.32 Å². The Labute approximate surface area is 108 Å². The first-order valence-corrected chi connectivity index (χ1v) is 6.41. The van der Waals surface area contributed by atoms with Crippen molar-refractivity contribution < 1.29 is 19.1 Å². The van der Waals surface area contributed by atoms with Crippen LogP contribution in [-0.4, -0.2) is 36.7 Å². The third-order valence-electron chi connectivity index (χ3n) is 2.76. The van der Waals surface area contributed by atoms with Crippen LogP contribution < -0.4 is 5.32 Å². The minimum atomic E-state index is -0.488. The van der Waals surface area contributed by atoms with Gasteiger partial charge in [0.2, 0.25) is 0 Å². The van der Waals surface area contributed by atoms with Crippen molar-refractivity contribution in [3.63, 3.8) is 0 Å². The molecule has 0 bridgehead atoms. The highest BCUT2D eigenvalue weighted by atomic mass is 16.6. The van der Waals surface area contributed by atoms with Gasteiger partial charge in [-0.15, -0.1) is 0 Å². The molecule has 0 heterocycles. The van der Waals surface area contributed by atoms with E-state index in [1.165, 1.54) is 0 Å². The van der Waals surface area contributed by atoms with Gasteiger partial charge < -0.3 is 14.8 Å². The minimum absolute atomic E-state index is 0.0245. The first-order chi connectivity index (χ1) is 8.31. The van der Waals surface area contributed by atoms with Gasteiger partial charge in [0.1, 0.15) is 12.2 Å². The van der Waals surface area contributed by atoms with Crippen LogP contribution in [0.1, 0.15) is 40.5 Å². The molecule has 18 heavy (non-hydrogen) atoms. The Morgan fingerprint density at radius 2 is 1.89 bits per heavy atom. The van der Waals surface area contributed by atoms with Crippen LogP contribution in [0, 0.1) is 5.92 Å². The van der Waals surface area contributed by atoms with E-state index in [4.69, 9.17) is 9.47 Å². The summed E-state index contributed by atoms with van der Waals surface area (Å²) in [5.41, 5.74) is -0.488. The van der Waals surface area contributed by atoms with E-state index in [1.54, 1.807) is 0 Å². The van der Waals surface area contributed by atoms with Crippen molar-refractivity contribution >= 4 is 11.9 Å². The standard InChI is InChI=1S/C13H23NO4/c1-5-17-8-11(15)9-6-10(7-9)14-12(16)18-13(2,3)4/h9-10H,5-8H2,1-4H3,(H,14,16).